The summed E-state index contributed by atoms with van der Waals surface area (Å²) in [4.78, 5) is 13.1. The average Bonchev–Trinajstić information content (AvgIpc) is 3.32. The van der Waals surface area contributed by atoms with Crippen molar-refractivity contribution in [3.63, 3.8) is 0 Å². The second kappa shape index (κ2) is 12.2. The number of rotatable bonds is 10. The number of hydrogen-bond donors (Lipinski definition) is 0. The molecule has 4 fully saturated rings. The first-order valence-electron chi connectivity index (χ1n) is 17.7. The van der Waals surface area contributed by atoms with Gasteiger partial charge >= 0.3 is 5.97 Å². The van der Waals surface area contributed by atoms with Gasteiger partial charge in [0.2, 0.25) is 0 Å². The second-order valence-electron chi connectivity index (χ2n) is 16.7. The number of carbonyl (C=O) groups is 1. The Bertz CT molecular complexity index is 1160. The van der Waals surface area contributed by atoms with E-state index in [4.69, 9.17) is 14.2 Å². The minimum atomic E-state index is -0.207. The number of allylic oxidation sites excluding steroid dienone is 1. The van der Waals surface area contributed by atoms with Gasteiger partial charge in [0.1, 0.15) is 11.9 Å². The third-order valence-electron chi connectivity index (χ3n) is 13.1. The lowest BCUT2D eigenvalue weighted by atomic mass is 9.47. The summed E-state index contributed by atoms with van der Waals surface area (Å²) in [6, 6.07) is 7.46. The van der Waals surface area contributed by atoms with Crippen molar-refractivity contribution in [3.05, 3.63) is 41.5 Å². The largest absolute Gasteiger partial charge is 0.493 e. The summed E-state index contributed by atoms with van der Waals surface area (Å²) in [6.45, 7) is 16.8. The second-order valence-corrected chi connectivity index (χ2v) is 16.7. The maximum Gasteiger partial charge on any atom is 0.338 e. The van der Waals surface area contributed by atoms with Crippen LogP contribution in [0.15, 0.2) is 35.9 Å². The van der Waals surface area contributed by atoms with E-state index in [0.717, 1.165) is 73.7 Å². The molecule has 5 aliphatic rings. The van der Waals surface area contributed by atoms with Crippen LogP contribution in [0.3, 0.4) is 0 Å². The summed E-state index contributed by atoms with van der Waals surface area (Å²) in [5.74, 6) is 5.67. The van der Waals surface area contributed by atoms with Crippen LogP contribution in [-0.4, -0.2) is 31.9 Å². The molecule has 0 amide bonds. The van der Waals surface area contributed by atoms with Crippen molar-refractivity contribution in [3.8, 4) is 5.75 Å². The highest BCUT2D eigenvalue weighted by molar-refractivity contribution is 5.89. The molecule has 0 radical (unpaired) electrons. The van der Waals surface area contributed by atoms with E-state index in [2.05, 4.69) is 47.6 Å². The van der Waals surface area contributed by atoms with Crippen LogP contribution in [0.25, 0.3) is 0 Å². The molecule has 1 saturated heterocycles. The van der Waals surface area contributed by atoms with Crippen LogP contribution in [-0.2, 0) is 9.47 Å². The zero-order valence-electron chi connectivity index (χ0n) is 28.0. The lowest BCUT2D eigenvalue weighted by molar-refractivity contribution is -0.120. The van der Waals surface area contributed by atoms with Crippen molar-refractivity contribution in [2.75, 3.05) is 19.8 Å². The molecule has 43 heavy (non-hydrogen) atoms. The Morgan fingerprint density at radius 2 is 1.72 bits per heavy atom. The van der Waals surface area contributed by atoms with Crippen molar-refractivity contribution in [2.45, 2.75) is 118 Å². The fourth-order valence-electron chi connectivity index (χ4n) is 10.5. The average molecular weight is 591 g/mol. The Hall–Kier alpha value is -1.81. The van der Waals surface area contributed by atoms with Gasteiger partial charge in [0.05, 0.1) is 25.4 Å². The Morgan fingerprint density at radius 3 is 2.42 bits per heavy atom. The summed E-state index contributed by atoms with van der Waals surface area (Å²) < 4.78 is 17.4. The van der Waals surface area contributed by atoms with E-state index in [0.29, 0.717) is 17.6 Å². The third kappa shape index (κ3) is 6.08. The van der Waals surface area contributed by atoms with Crippen LogP contribution in [0.5, 0.6) is 5.75 Å². The third-order valence-corrected chi connectivity index (χ3v) is 13.1. The highest BCUT2D eigenvalue weighted by Gasteiger charge is 2.59. The maximum absolute atomic E-state index is 13.1. The SMILES string of the molecule is CC(C)CCCC(C)C1CCC2C3CC=C4CC(OC(=O)c5ccc(OCC6(C)COC6)cc5)CCC4(C)C3CCC12C. The smallest absolute Gasteiger partial charge is 0.338 e. The number of hydrogen-bond acceptors (Lipinski definition) is 4. The van der Waals surface area contributed by atoms with Crippen molar-refractivity contribution in [1.82, 2.24) is 0 Å². The number of carbonyl (C=O) groups excluding carboxylic acids is 1. The van der Waals surface area contributed by atoms with Gasteiger partial charge in [-0.05, 0) is 116 Å². The highest BCUT2D eigenvalue weighted by Crippen LogP contribution is 2.67. The van der Waals surface area contributed by atoms with Crippen LogP contribution in [0.1, 0.15) is 123 Å². The molecule has 1 aromatic carbocycles. The molecule has 3 saturated carbocycles. The zero-order valence-corrected chi connectivity index (χ0v) is 28.0. The molecule has 6 rings (SSSR count). The normalized spacial score (nSPS) is 36.9. The van der Waals surface area contributed by atoms with Crippen molar-refractivity contribution in [1.29, 1.82) is 0 Å². The minimum Gasteiger partial charge on any atom is -0.493 e. The molecule has 1 heterocycles. The Kier molecular flexibility index (Phi) is 8.83. The van der Waals surface area contributed by atoms with Gasteiger partial charge in [-0.3, -0.25) is 0 Å². The van der Waals surface area contributed by atoms with E-state index in [1.54, 1.807) is 5.57 Å². The maximum atomic E-state index is 13.1. The van der Waals surface area contributed by atoms with E-state index in [-0.39, 0.29) is 22.9 Å². The molecule has 8 unspecified atom stereocenters. The molecule has 8 atom stereocenters. The lowest BCUT2D eigenvalue weighted by Crippen LogP contribution is -2.51. The molecule has 0 aromatic heterocycles. The van der Waals surface area contributed by atoms with Gasteiger partial charge in [0.15, 0.2) is 0 Å². The molecule has 4 heteroatoms. The van der Waals surface area contributed by atoms with E-state index in [9.17, 15) is 4.79 Å². The first kappa shape index (κ1) is 31.2. The fourth-order valence-corrected chi connectivity index (χ4v) is 10.5. The lowest BCUT2D eigenvalue weighted by Gasteiger charge is -2.58. The van der Waals surface area contributed by atoms with Crippen LogP contribution in [0.2, 0.25) is 0 Å². The summed E-state index contributed by atoms with van der Waals surface area (Å²) in [6.07, 6.45) is 16.7. The van der Waals surface area contributed by atoms with Crippen molar-refractivity contribution >= 4 is 5.97 Å². The van der Waals surface area contributed by atoms with E-state index >= 15 is 0 Å². The van der Waals surface area contributed by atoms with Gasteiger partial charge in [-0.25, -0.2) is 4.79 Å². The van der Waals surface area contributed by atoms with Gasteiger partial charge in [0, 0.05) is 11.8 Å². The van der Waals surface area contributed by atoms with Gasteiger partial charge in [-0.1, -0.05) is 72.5 Å². The Labute approximate surface area is 261 Å². The van der Waals surface area contributed by atoms with Crippen molar-refractivity contribution in [2.24, 2.45) is 51.8 Å². The predicted octanol–water partition coefficient (Wildman–Crippen LogP) is 9.67. The van der Waals surface area contributed by atoms with Crippen LogP contribution in [0, 0.1) is 51.8 Å². The summed E-state index contributed by atoms with van der Waals surface area (Å²) in [5, 5.41) is 0. The molecule has 4 aliphatic carbocycles. The van der Waals surface area contributed by atoms with E-state index in [1.165, 1.54) is 51.4 Å². The molecule has 1 aromatic rings. The highest BCUT2D eigenvalue weighted by atomic mass is 16.5. The predicted molar refractivity (Wildman–Crippen MR) is 173 cm³/mol. The van der Waals surface area contributed by atoms with Gasteiger partial charge < -0.3 is 14.2 Å². The topological polar surface area (TPSA) is 44.8 Å². The first-order chi connectivity index (χ1) is 20.5. The molecule has 1 aliphatic heterocycles. The zero-order chi connectivity index (χ0) is 30.4. The molecule has 4 nitrogen and oxygen atoms in total. The summed E-state index contributed by atoms with van der Waals surface area (Å²) in [5.41, 5.74) is 3.09. The van der Waals surface area contributed by atoms with E-state index in [1.807, 2.05) is 24.3 Å². The van der Waals surface area contributed by atoms with E-state index < -0.39 is 0 Å². The Morgan fingerprint density at radius 1 is 0.953 bits per heavy atom. The monoisotopic (exact) mass is 590 g/mol. The first-order valence-corrected chi connectivity index (χ1v) is 17.7. The fraction of sp³-hybridized carbons (Fsp3) is 0.769. The summed E-state index contributed by atoms with van der Waals surface area (Å²) >= 11 is 0. The number of fused-ring (bicyclic) bond motifs is 5. The van der Waals surface area contributed by atoms with Crippen LogP contribution in [0.4, 0.5) is 0 Å². The Balaban J connectivity index is 1.05. The van der Waals surface area contributed by atoms with Crippen molar-refractivity contribution < 1.29 is 19.0 Å². The molecule has 0 bridgehead atoms. The quantitative estimate of drug-likeness (QED) is 0.201. The van der Waals surface area contributed by atoms with Gasteiger partial charge in [-0.15, -0.1) is 0 Å². The molecular formula is C39H58O4. The van der Waals surface area contributed by atoms with Gasteiger partial charge in [-0.2, -0.15) is 0 Å². The molecule has 0 N–H and O–H groups in total. The summed E-state index contributed by atoms with van der Waals surface area (Å²) in [7, 11) is 0. The molecule has 0 spiro atoms. The number of esters is 1. The number of ether oxygens (including phenoxy) is 3. The van der Waals surface area contributed by atoms with Crippen LogP contribution < -0.4 is 4.74 Å². The molecular weight excluding hydrogens is 532 g/mol. The standard InChI is InChI=1S/C39H58O4/c1-26(2)8-7-9-27(3)33-16-17-34-32-15-12-29-22-31(18-20-38(29,5)35(32)19-21-39(33,34)6)43-36(40)28-10-13-30(14-11-28)42-25-37(4)23-41-24-37/h10-14,26-27,31-35H,7-9,15-25H2,1-6H3. The van der Waals surface area contributed by atoms with Crippen LogP contribution >= 0.6 is 0 Å². The minimum absolute atomic E-state index is 0.0192. The molecule has 238 valence electrons. The van der Waals surface area contributed by atoms with Gasteiger partial charge in [0.25, 0.3) is 0 Å². The number of benzene rings is 1.